The zero-order chi connectivity index (χ0) is 30.5. The molecule has 3 aromatic rings. The third-order valence-electron chi connectivity index (χ3n) is 6.73. The Bertz CT molecular complexity index is 1680. The zero-order valence-corrected chi connectivity index (χ0v) is 25.4. The van der Waals surface area contributed by atoms with Crippen molar-refractivity contribution < 1.29 is 30.8 Å². The molecule has 0 radical (unpaired) electrons. The number of carbonyl (C=O) groups is 1. The van der Waals surface area contributed by atoms with Crippen LogP contribution < -0.4 is 10.1 Å². The molecule has 1 aliphatic rings. The van der Waals surface area contributed by atoms with E-state index in [0.29, 0.717) is 21.9 Å². The number of rotatable bonds is 10. The largest absolute Gasteiger partial charge is 0.489 e. The molecule has 9 nitrogen and oxygen atoms in total. The Morgan fingerprint density at radius 3 is 2.55 bits per heavy atom. The lowest BCUT2D eigenvalue weighted by atomic mass is 9.93. The number of halogens is 2. The van der Waals surface area contributed by atoms with Crippen molar-refractivity contribution in [3.63, 3.8) is 0 Å². The number of alkyl halides is 1. The van der Waals surface area contributed by atoms with Gasteiger partial charge in [0.15, 0.2) is 15.5 Å². The fraction of sp³-hybridized carbons (Fsp3) is 0.310. The normalized spacial score (nSPS) is 16.7. The first kappa shape index (κ1) is 31.6. The van der Waals surface area contributed by atoms with Crippen molar-refractivity contribution in [2.75, 3.05) is 19.3 Å². The lowest BCUT2D eigenvalue weighted by molar-refractivity contribution is -0.135. The van der Waals surface area contributed by atoms with Crippen LogP contribution >= 0.6 is 11.6 Å². The second-order valence-corrected chi connectivity index (χ2v) is 14.4. The summed E-state index contributed by atoms with van der Waals surface area (Å²) in [7, 11) is -7.51. The zero-order valence-electron chi connectivity index (χ0n) is 23.0. The van der Waals surface area contributed by atoms with Crippen LogP contribution in [0.4, 0.5) is 4.39 Å². The Morgan fingerprint density at radius 2 is 1.88 bits per heavy atom. The van der Waals surface area contributed by atoms with Crippen LogP contribution in [-0.2, 0) is 31.3 Å². The average molecular weight is 636 g/mol. The van der Waals surface area contributed by atoms with Gasteiger partial charge in [-0.15, -0.1) is 0 Å². The number of nitrogens with one attached hydrogen (secondary N) is 1. The average Bonchev–Trinajstić information content (AvgIpc) is 2.95. The molecule has 13 heteroatoms. The molecular formula is C29H31ClFN3O6S2. The summed E-state index contributed by atoms with van der Waals surface area (Å²) in [4.78, 5) is 16.7. The third kappa shape index (κ3) is 7.94. The number of sulfonamides is 1. The van der Waals surface area contributed by atoms with Gasteiger partial charge in [0.05, 0.1) is 4.90 Å². The second kappa shape index (κ2) is 12.9. The molecule has 0 aliphatic carbocycles. The van der Waals surface area contributed by atoms with Gasteiger partial charge in [-0.3, -0.25) is 9.78 Å². The van der Waals surface area contributed by atoms with E-state index in [2.05, 4.69) is 10.3 Å². The molecule has 0 spiro atoms. The Morgan fingerprint density at radius 1 is 1.14 bits per heavy atom. The van der Waals surface area contributed by atoms with Gasteiger partial charge in [-0.1, -0.05) is 35.9 Å². The lowest BCUT2D eigenvalue weighted by Gasteiger charge is -2.35. The van der Waals surface area contributed by atoms with Gasteiger partial charge in [0.2, 0.25) is 10.0 Å². The van der Waals surface area contributed by atoms with Gasteiger partial charge in [-0.05, 0) is 48.9 Å². The first-order chi connectivity index (χ1) is 19.8. The van der Waals surface area contributed by atoms with Crippen LogP contribution in [0.2, 0.25) is 5.02 Å². The highest BCUT2D eigenvalue weighted by Crippen LogP contribution is 2.36. The van der Waals surface area contributed by atoms with E-state index >= 15 is 4.39 Å². The minimum atomic E-state index is -4.10. The van der Waals surface area contributed by atoms with Crippen molar-refractivity contribution in [3.8, 4) is 16.9 Å². The molecule has 1 fully saturated rings. The van der Waals surface area contributed by atoms with Crippen molar-refractivity contribution in [2.24, 2.45) is 0 Å². The van der Waals surface area contributed by atoms with E-state index in [0.717, 1.165) is 21.5 Å². The van der Waals surface area contributed by atoms with Crippen molar-refractivity contribution in [3.05, 3.63) is 89.1 Å². The third-order valence-corrected chi connectivity index (χ3v) is 9.57. The number of aromatic nitrogens is 1. The van der Waals surface area contributed by atoms with E-state index in [1.165, 1.54) is 25.1 Å². The Labute approximate surface area is 250 Å². The summed E-state index contributed by atoms with van der Waals surface area (Å²) in [6.45, 7) is 1.34. The van der Waals surface area contributed by atoms with E-state index in [-0.39, 0.29) is 37.4 Å². The summed E-state index contributed by atoms with van der Waals surface area (Å²) in [5.41, 5.74) is -0.513. The molecule has 42 heavy (non-hydrogen) atoms. The van der Waals surface area contributed by atoms with Crippen LogP contribution in [0.15, 0.2) is 83.4 Å². The first-order valence-corrected chi connectivity index (χ1v) is 16.8. The number of piperidine rings is 1. The quantitative estimate of drug-likeness (QED) is 0.347. The van der Waals surface area contributed by atoms with Crippen LogP contribution in [0, 0.1) is 0 Å². The van der Waals surface area contributed by atoms with Gasteiger partial charge in [0, 0.05) is 72.2 Å². The van der Waals surface area contributed by atoms with Crippen molar-refractivity contribution in [2.45, 2.75) is 43.0 Å². The maximum absolute atomic E-state index is 15.6. The molecule has 2 aromatic carbocycles. The molecule has 1 aliphatic heterocycles. The highest BCUT2D eigenvalue weighted by atomic mass is 35.5. The molecule has 1 atom stereocenters. The number of nitrogens with zero attached hydrogens (tertiary/aromatic N) is 2. The predicted molar refractivity (Wildman–Crippen MR) is 159 cm³/mol. The van der Waals surface area contributed by atoms with Crippen LogP contribution in [0.5, 0.6) is 5.75 Å². The molecule has 4 rings (SSSR count). The Balaban J connectivity index is 1.50. The highest BCUT2D eigenvalue weighted by Gasteiger charge is 2.44. The molecule has 224 valence electrons. The molecular weight excluding hydrogens is 605 g/mol. The number of pyridine rings is 1. The maximum Gasteiger partial charge on any atom is 0.258 e. The van der Waals surface area contributed by atoms with E-state index in [1.807, 2.05) is 6.07 Å². The minimum absolute atomic E-state index is 0.00773. The van der Waals surface area contributed by atoms with E-state index in [1.54, 1.807) is 48.8 Å². The monoisotopic (exact) mass is 635 g/mol. The van der Waals surface area contributed by atoms with E-state index in [9.17, 15) is 21.6 Å². The SMILES string of the molecule is C[C@@H](/C=C\S(C)(=O)=O)NC(=O)C1(F)CCN(S(=O)(=O)c2ccc(Cl)cc2-c2cccc(OCc3cccnc3)c2)CC1. The van der Waals surface area contributed by atoms with Gasteiger partial charge in [-0.25, -0.2) is 21.2 Å². The van der Waals surface area contributed by atoms with Crippen LogP contribution in [0.25, 0.3) is 11.1 Å². The fourth-order valence-corrected chi connectivity index (χ4v) is 6.78. The van der Waals surface area contributed by atoms with Gasteiger partial charge in [-0.2, -0.15) is 4.31 Å². The number of ether oxygens (including phenoxy) is 1. The second-order valence-electron chi connectivity index (χ2n) is 10.1. The molecule has 1 amide bonds. The summed E-state index contributed by atoms with van der Waals surface area (Å²) in [6.07, 6.45) is 4.89. The van der Waals surface area contributed by atoms with Gasteiger partial charge < -0.3 is 10.1 Å². The summed E-state index contributed by atoms with van der Waals surface area (Å²) in [5.74, 6) is -0.396. The van der Waals surface area contributed by atoms with E-state index < -0.39 is 37.5 Å². The fourth-order valence-electron chi connectivity index (χ4n) is 4.45. The lowest BCUT2D eigenvalue weighted by Crippen LogP contribution is -2.53. The van der Waals surface area contributed by atoms with E-state index in [4.69, 9.17) is 16.3 Å². The predicted octanol–water partition coefficient (Wildman–Crippen LogP) is 4.54. The summed E-state index contributed by atoms with van der Waals surface area (Å²) >= 11 is 6.27. The standard InChI is InChI=1S/C29H31ClFN3O6S2/c1-21(10-16-41(2,36)37)33-28(35)29(31)11-14-34(15-12-29)42(38,39)27-9-8-24(30)18-26(27)23-6-3-7-25(17-23)40-20-22-5-4-13-32-19-22/h3-10,13,16-19,21H,11-12,14-15,20H2,1-2H3,(H,33,35)/b16-10-/t21-/m0/s1. The molecule has 0 bridgehead atoms. The highest BCUT2D eigenvalue weighted by molar-refractivity contribution is 7.93. The molecule has 1 aromatic heterocycles. The smallest absolute Gasteiger partial charge is 0.258 e. The number of amides is 1. The first-order valence-electron chi connectivity index (χ1n) is 13.1. The molecule has 1 N–H and O–H groups in total. The topological polar surface area (TPSA) is 123 Å². The van der Waals surface area contributed by atoms with Crippen LogP contribution in [0.3, 0.4) is 0 Å². The Hall–Kier alpha value is -3.32. The number of hydrogen-bond donors (Lipinski definition) is 1. The number of sulfone groups is 1. The van der Waals surface area contributed by atoms with Crippen molar-refractivity contribution in [1.29, 1.82) is 0 Å². The van der Waals surface area contributed by atoms with Crippen molar-refractivity contribution in [1.82, 2.24) is 14.6 Å². The van der Waals surface area contributed by atoms with Crippen LogP contribution in [0.1, 0.15) is 25.3 Å². The van der Waals surface area contributed by atoms with Gasteiger partial charge in [0.25, 0.3) is 5.91 Å². The number of benzene rings is 2. The summed E-state index contributed by atoms with van der Waals surface area (Å²) < 4.78 is 72.8. The maximum atomic E-state index is 15.6. The molecule has 0 unspecified atom stereocenters. The van der Waals surface area contributed by atoms with Gasteiger partial charge in [0.1, 0.15) is 12.4 Å². The molecule has 1 saturated heterocycles. The minimum Gasteiger partial charge on any atom is -0.489 e. The molecule has 0 saturated carbocycles. The number of carbonyl (C=O) groups excluding carboxylic acids is 1. The van der Waals surface area contributed by atoms with Crippen LogP contribution in [-0.4, -0.2) is 63.1 Å². The molecule has 2 heterocycles. The van der Waals surface area contributed by atoms with Crippen molar-refractivity contribution >= 4 is 37.4 Å². The number of hydrogen-bond acceptors (Lipinski definition) is 7. The van der Waals surface area contributed by atoms with Gasteiger partial charge >= 0.3 is 0 Å². The summed E-state index contributed by atoms with van der Waals surface area (Å²) in [5, 5.41) is 3.72. The Kier molecular flexibility index (Phi) is 9.71. The summed E-state index contributed by atoms with van der Waals surface area (Å²) in [6, 6.07) is 14.3.